The summed E-state index contributed by atoms with van der Waals surface area (Å²) in [5.74, 6) is 1.29. The molecule has 1 aromatic heterocycles. The van der Waals surface area contributed by atoms with E-state index in [9.17, 15) is 9.59 Å². The number of methoxy groups -OCH3 is 2. The van der Waals surface area contributed by atoms with Crippen molar-refractivity contribution in [2.75, 3.05) is 14.2 Å². The third kappa shape index (κ3) is 2.21. The van der Waals surface area contributed by atoms with Gasteiger partial charge < -0.3 is 9.47 Å². The number of thiophene rings is 1. The molecule has 0 aliphatic heterocycles. The average Bonchev–Trinajstić information content (AvgIpc) is 3.15. The number of aldehydes is 1. The van der Waals surface area contributed by atoms with Crippen LogP contribution in [0.3, 0.4) is 0 Å². The van der Waals surface area contributed by atoms with E-state index in [0.717, 1.165) is 28.2 Å². The molecule has 1 aliphatic rings. The van der Waals surface area contributed by atoms with Crippen LogP contribution in [-0.2, 0) is 5.41 Å². The molecule has 136 valence electrons. The largest absolute Gasteiger partial charge is 0.496 e. The zero-order chi connectivity index (χ0) is 19.3. The normalized spacial score (nSPS) is 18.0. The van der Waals surface area contributed by atoms with E-state index in [-0.39, 0.29) is 5.78 Å². The second kappa shape index (κ2) is 6.06. The first kappa shape index (κ1) is 17.5. The Balaban J connectivity index is 2.15. The minimum absolute atomic E-state index is 0.0794. The van der Waals surface area contributed by atoms with E-state index in [1.165, 1.54) is 11.3 Å². The zero-order valence-corrected chi connectivity index (χ0v) is 16.1. The number of fused-ring (bicyclic) bond motifs is 3. The van der Waals surface area contributed by atoms with Gasteiger partial charge in [0.2, 0.25) is 5.78 Å². The Bertz CT molecular complexity index is 1130. The Morgan fingerprint density at radius 3 is 2.30 bits per heavy atom. The molecule has 2 aromatic carbocycles. The first-order valence-corrected chi connectivity index (χ1v) is 9.32. The minimum atomic E-state index is -0.656. The van der Waals surface area contributed by atoms with Gasteiger partial charge in [-0.15, -0.1) is 17.9 Å². The summed E-state index contributed by atoms with van der Waals surface area (Å²) in [7, 11) is 3.21. The molecule has 0 unspecified atom stereocenters. The molecule has 0 N–H and O–H groups in total. The average molecular weight is 378 g/mol. The van der Waals surface area contributed by atoms with Crippen molar-refractivity contribution in [1.29, 1.82) is 0 Å². The summed E-state index contributed by atoms with van der Waals surface area (Å²) in [6, 6.07) is 7.49. The molecule has 1 heterocycles. The molecule has 0 fully saturated rings. The van der Waals surface area contributed by atoms with Crippen molar-refractivity contribution in [3.05, 3.63) is 69.4 Å². The van der Waals surface area contributed by atoms with Crippen LogP contribution in [0, 0.1) is 0 Å². The van der Waals surface area contributed by atoms with Crippen LogP contribution in [0.5, 0.6) is 11.5 Å². The number of hydrogen-bond donors (Lipinski definition) is 0. The topological polar surface area (TPSA) is 52.6 Å². The summed E-state index contributed by atoms with van der Waals surface area (Å²) >= 11 is 1.30. The molecule has 0 saturated heterocycles. The SMILES string of the molecule is C=C[C@]1(C)c2cc3c(OC)ccc(OC)c3cc2C(=O)c2scc(C=O)c21. The molecule has 0 amide bonds. The van der Waals surface area contributed by atoms with Gasteiger partial charge in [0.25, 0.3) is 0 Å². The van der Waals surface area contributed by atoms with Gasteiger partial charge in [0.05, 0.1) is 19.1 Å². The molecule has 4 nitrogen and oxygen atoms in total. The lowest BCUT2D eigenvalue weighted by atomic mass is 9.68. The van der Waals surface area contributed by atoms with Gasteiger partial charge in [-0.1, -0.05) is 6.08 Å². The lowest BCUT2D eigenvalue weighted by Crippen LogP contribution is -2.31. The van der Waals surface area contributed by atoms with Crippen molar-refractivity contribution in [2.24, 2.45) is 0 Å². The summed E-state index contributed by atoms with van der Waals surface area (Å²) in [5.41, 5.74) is 2.03. The molecule has 4 rings (SSSR count). The van der Waals surface area contributed by atoms with Gasteiger partial charge in [0, 0.05) is 32.7 Å². The molecule has 27 heavy (non-hydrogen) atoms. The molecule has 0 spiro atoms. The predicted octanol–water partition coefficient (Wildman–Crippen LogP) is 4.77. The number of ether oxygens (including phenoxy) is 2. The lowest BCUT2D eigenvalue weighted by molar-refractivity contribution is 0.103. The Morgan fingerprint density at radius 2 is 1.74 bits per heavy atom. The fraction of sp³-hybridized carbons (Fsp3) is 0.182. The number of rotatable bonds is 4. The van der Waals surface area contributed by atoms with Crippen LogP contribution in [0.4, 0.5) is 0 Å². The van der Waals surface area contributed by atoms with Crippen LogP contribution in [0.25, 0.3) is 10.8 Å². The fourth-order valence-corrected chi connectivity index (χ4v) is 5.02. The number of ketones is 1. The van der Waals surface area contributed by atoms with E-state index in [2.05, 4.69) is 6.58 Å². The van der Waals surface area contributed by atoms with Crippen molar-refractivity contribution in [1.82, 2.24) is 0 Å². The van der Waals surface area contributed by atoms with Gasteiger partial charge in [-0.2, -0.15) is 0 Å². The van der Waals surface area contributed by atoms with Crippen molar-refractivity contribution < 1.29 is 19.1 Å². The molecular formula is C22H18O4S. The van der Waals surface area contributed by atoms with Gasteiger partial charge in [0.1, 0.15) is 11.5 Å². The summed E-state index contributed by atoms with van der Waals surface area (Å²) < 4.78 is 11.0. The van der Waals surface area contributed by atoms with E-state index in [1.54, 1.807) is 25.7 Å². The van der Waals surface area contributed by atoms with Crippen LogP contribution in [-0.4, -0.2) is 26.3 Å². The fourth-order valence-electron chi connectivity index (χ4n) is 3.94. The summed E-state index contributed by atoms with van der Waals surface area (Å²) in [6.07, 6.45) is 2.61. The maximum atomic E-state index is 13.2. The third-order valence-electron chi connectivity index (χ3n) is 5.40. The van der Waals surface area contributed by atoms with Gasteiger partial charge in [-0.3, -0.25) is 9.59 Å². The van der Waals surface area contributed by atoms with E-state index >= 15 is 0 Å². The first-order chi connectivity index (χ1) is 13.0. The molecule has 3 aromatic rings. The molecule has 1 aliphatic carbocycles. The smallest absolute Gasteiger partial charge is 0.203 e. The molecular weight excluding hydrogens is 360 g/mol. The van der Waals surface area contributed by atoms with Crippen LogP contribution in [0.15, 0.2) is 42.3 Å². The number of benzene rings is 2. The number of carbonyl (C=O) groups excluding carboxylic acids is 2. The molecule has 5 heteroatoms. The van der Waals surface area contributed by atoms with Crippen LogP contribution >= 0.6 is 11.3 Å². The lowest BCUT2D eigenvalue weighted by Gasteiger charge is -2.34. The number of carbonyl (C=O) groups is 2. The molecule has 0 saturated carbocycles. The summed E-state index contributed by atoms with van der Waals surface area (Å²) in [5, 5.41) is 3.40. The van der Waals surface area contributed by atoms with Gasteiger partial charge >= 0.3 is 0 Å². The summed E-state index contributed by atoms with van der Waals surface area (Å²) in [6.45, 7) is 6.00. The second-order valence-corrected chi connectivity index (χ2v) is 7.54. The first-order valence-electron chi connectivity index (χ1n) is 8.44. The minimum Gasteiger partial charge on any atom is -0.496 e. The van der Waals surface area contributed by atoms with Crippen molar-refractivity contribution in [3.63, 3.8) is 0 Å². The Labute approximate surface area is 161 Å². The predicted molar refractivity (Wildman–Crippen MR) is 107 cm³/mol. The van der Waals surface area contributed by atoms with Crippen molar-refractivity contribution in [3.8, 4) is 11.5 Å². The Morgan fingerprint density at radius 1 is 1.11 bits per heavy atom. The van der Waals surface area contributed by atoms with Crippen LogP contribution < -0.4 is 9.47 Å². The highest BCUT2D eigenvalue weighted by molar-refractivity contribution is 7.12. The van der Waals surface area contributed by atoms with E-state index < -0.39 is 5.41 Å². The molecule has 0 bridgehead atoms. The van der Waals surface area contributed by atoms with Crippen LogP contribution in [0.2, 0.25) is 0 Å². The Kier molecular flexibility index (Phi) is 3.93. The second-order valence-electron chi connectivity index (χ2n) is 6.66. The van der Waals surface area contributed by atoms with Gasteiger partial charge in [-0.05, 0) is 42.3 Å². The van der Waals surface area contributed by atoms with Gasteiger partial charge in [-0.25, -0.2) is 0 Å². The van der Waals surface area contributed by atoms with Crippen molar-refractivity contribution >= 4 is 34.2 Å². The van der Waals surface area contributed by atoms with E-state index in [0.29, 0.717) is 27.5 Å². The number of allylic oxidation sites excluding steroid dienone is 1. The maximum Gasteiger partial charge on any atom is 0.203 e. The molecule has 0 radical (unpaired) electrons. The van der Waals surface area contributed by atoms with Crippen LogP contribution in [0.1, 0.15) is 43.6 Å². The zero-order valence-electron chi connectivity index (χ0n) is 15.3. The molecule has 1 atom stereocenters. The monoisotopic (exact) mass is 378 g/mol. The van der Waals surface area contributed by atoms with E-state index in [1.807, 2.05) is 31.2 Å². The highest BCUT2D eigenvalue weighted by atomic mass is 32.1. The highest BCUT2D eigenvalue weighted by Gasteiger charge is 2.41. The van der Waals surface area contributed by atoms with E-state index in [4.69, 9.17) is 9.47 Å². The summed E-state index contributed by atoms with van der Waals surface area (Å²) in [4.78, 5) is 25.4. The highest BCUT2D eigenvalue weighted by Crippen LogP contribution is 2.48. The maximum absolute atomic E-state index is 13.2. The number of hydrogen-bond acceptors (Lipinski definition) is 5. The Hall–Kier alpha value is -2.92. The standard InChI is InChI=1S/C22H18O4S/c1-5-22(2)16-9-14-13(17(25-3)6-7-18(14)26-4)8-15(16)20(24)21-19(22)12(10-23)11-27-21/h5-11H,1H2,2-4H3/t22-/m1/s1. The quantitative estimate of drug-likeness (QED) is 0.485. The van der Waals surface area contributed by atoms with Crippen molar-refractivity contribution in [2.45, 2.75) is 12.3 Å². The third-order valence-corrected chi connectivity index (χ3v) is 6.40. The van der Waals surface area contributed by atoms with Gasteiger partial charge in [0.15, 0.2) is 6.29 Å².